The Balaban J connectivity index is 1.55. The second-order valence-corrected chi connectivity index (χ2v) is 8.79. The van der Waals surface area contributed by atoms with E-state index >= 15 is 0 Å². The van der Waals surface area contributed by atoms with Crippen molar-refractivity contribution in [2.24, 2.45) is 0 Å². The first-order valence-corrected chi connectivity index (χ1v) is 11.4. The van der Waals surface area contributed by atoms with Crippen LogP contribution >= 0.6 is 0 Å². The molecule has 0 unspecified atom stereocenters. The zero-order chi connectivity index (χ0) is 24.5. The fraction of sp³-hybridized carbons (Fsp3) is 0.179. The van der Waals surface area contributed by atoms with Crippen molar-refractivity contribution >= 4 is 17.4 Å². The van der Waals surface area contributed by atoms with E-state index in [-0.39, 0.29) is 17.4 Å². The Kier molecular flexibility index (Phi) is 5.99. The molecule has 1 aliphatic heterocycles. The molecular formula is C28H23F2N3O2. The van der Waals surface area contributed by atoms with Crippen molar-refractivity contribution in [2.45, 2.75) is 31.6 Å². The number of hydrogen-bond donors (Lipinski definition) is 2. The largest absolute Gasteiger partial charge is 0.362 e. The third-order valence-electron chi connectivity index (χ3n) is 6.54. The number of pyridine rings is 1. The number of dihydropyridines is 1. The van der Waals surface area contributed by atoms with E-state index in [9.17, 15) is 18.4 Å². The van der Waals surface area contributed by atoms with Crippen LogP contribution in [0, 0.1) is 11.6 Å². The Bertz CT molecular complexity index is 1370. The van der Waals surface area contributed by atoms with Gasteiger partial charge in [0.05, 0.1) is 5.69 Å². The first kappa shape index (κ1) is 22.7. The number of Topliss-reactive ketones (excluding diaryl/α,β-unsaturated/α-hetero) is 1. The molecule has 7 heteroatoms. The van der Waals surface area contributed by atoms with Crippen molar-refractivity contribution in [3.8, 4) is 0 Å². The van der Waals surface area contributed by atoms with Gasteiger partial charge in [0.15, 0.2) is 5.78 Å². The van der Waals surface area contributed by atoms with E-state index < -0.39 is 23.5 Å². The summed E-state index contributed by atoms with van der Waals surface area (Å²) in [4.78, 5) is 31.2. The number of halogens is 2. The van der Waals surface area contributed by atoms with Gasteiger partial charge in [-0.25, -0.2) is 8.78 Å². The molecule has 2 heterocycles. The predicted octanol–water partition coefficient (Wildman–Crippen LogP) is 5.36. The van der Waals surface area contributed by atoms with E-state index in [0.29, 0.717) is 41.3 Å². The van der Waals surface area contributed by atoms with Crippen LogP contribution in [0.4, 0.5) is 14.5 Å². The maximum Gasteiger partial charge on any atom is 0.254 e. The van der Waals surface area contributed by atoms with E-state index in [1.54, 1.807) is 25.4 Å². The highest BCUT2D eigenvalue weighted by atomic mass is 19.1. The summed E-state index contributed by atoms with van der Waals surface area (Å²) in [5.41, 5.74) is 3.82. The molecule has 1 amide bonds. The van der Waals surface area contributed by atoms with Crippen LogP contribution in [0.25, 0.3) is 0 Å². The number of rotatable bonds is 4. The monoisotopic (exact) mass is 471 g/mol. The van der Waals surface area contributed by atoms with Gasteiger partial charge in [-0.15, -0.1) is 0 Å². The summed E-state index contributed by atoms with van der Waals surface area (Å²) in [6.45, 7) is 1.76. The molecular weight excluding hydrogens is 448 g/mol. The smallest absolute Gasteiger partial charge is 0.254 e. The number of anilines is 1. The molecule has 0 saturated carbocycles. The summed E-state index contributed by atoms with van der Waals surface area (Å²) in [6.07, 6.45) is 4.21. The Morgan fingerprint density at radius 3 is 2.51 bits per heavy atom. The van der Waals surface area contributed by atoms with Crippen molar-refractivity contribution in [1.82, 2.24) is 10.3 Å². The minimum atomic E-state index is -0.877. The lowest BCUT2D eigenvalue weighted by Gasteiger charge is -2.37. The maximum absolute atomic E-state index is 14.3. The van der Waals surface area contributed by atoms with Crippen molar-refractivity contribution in [1.29, 1.82) is 0 Å². The Morgan fingerprint density at radius 1 is 1.03 bits per heavy atom. The molecule has 0 fully saturated rings. The fourth-order valence-corrected chi connectivity index (χ4v) is 4.96. The molecule has 176 valence electrons. The van der Waals surface area contributed by atoms with E-state index in [0.717, 1.165) is 17.3 Å². The van der Waals surface area contributed by atoms with Gasteiger partial charge in [0.1, 0.15) is 11.6 Å². The predicted molar refractivity (Wildman–Crippen MR) is 128 cm³/mol. The van der Waals surface area contributed by atoms with Crippen molar-refractivity contribution in [2.75, 3.05) is 5.32 Å². The molecule has 0 spiro atoms. The molecule has 5 nitrogen and oxygen atoms in total. The van der Waals surface area contributed by atoms with Crippen LogP contribution in [0.5, 0.6) is 0 Å². The highest BCUT2D eigenvalue weighted by molar-refractivity contribution is 6.10. The van der Waals surface area contributed by atoms with Crippen LogP contribution in [0.15, 0.2) is 95.6 Å². The molecule has 1 aliphatic carbocycles. The first-order chi connectivity index (χ1) is 16.9. The summed E-state index contributed by atoms with van der Waals surface area (Å²) in [6, 6.07) is 16.4. The SMILES string of the molecule is CC1=C(C(=O)Nc2ccc(F)cc2F)[C@@H](c2cccnc2)C2=C(C[C@H](c3ccccc3)CC2=O)N1. The van der Waals surface area contributed by atoms with Gasteiger partial charge in [-0.3, -0.25) is 14.6 Å². The molecule has 3 aromatic rings. The molecule has 1 aromatic heterocycles. The number of hydrogen-bond acceptors (Lipinski definition) is 4. The van der Waals surface area contributed by atoms with E-state index in [1.165, 1.54) is 6.07 Å². The number of aromatic nitrogens is 1. The van der Waals surface area contributed by atoms with Crippen LogP contribution in [0.3, 0.4) is 0 Å². The number of nitrogens with zero attached hydrogens (tertiary/aromatic N) is 1. The Hall–Kier alpha value is -4.13. The van der Waals surface area contributed by atoms with Gasteiger partial charge >= 0.3 is 0 Å². The average molecular weight is 472 g/mol. The number of ketones is 1. The van der Waals surface area contributed by atoms with Crippen molar-refractivity contribution in [3.05, 3.63) is 118 Å². The van der Waals surface area contributed by atoms with Crippen LogP contribution in [0.1, 0.15) is 42.7 Å². The summed E-state index contributed by atoms with van der Waals surface area (Å²) >= 11 is 0. The third-order valence-corrected chi connectivity index (χ3v) is 6.54. The second kappa shape index (κ2) is 9.25. The fourth-order valence-electron chi connectivity index (χ4n) is 4.96. The Morgan fingerprint density at radius 2 is 1.80 bits per heavy atom. The number of benzene rings is 2. The van der Waals surface area contributed by atoms with E-state index in [1.807, 2.05) is 36.4 Å². The molecule has 2 atom stereocenters. The summed E-state index contributed by atoms with van der Waals surface area (Å²) in [7, 11) is 0. The van der Waals surface area contributed by atoms with Gasteiger partial charge in [0.2, 0.25) is 0 Å². The van der Waals surface area contributed by atoms with Crippen LogP contribution in [-0.2, 0) is 9.59 Å². The number of amides is 1. The lowest BCUT2D eigenvalue weighted by molar-refractivity contribution is -0.116. The number of carbonyl (C=O) groups excluding carboxylic acids is 2. The number of nitrogens with one attached hydrogen (secondary N) is 2. The molecule has 2 N–H and O–H groups in total. The van der Waals surface area contributed by atoms with Gasteiger partial charge in [-0.2, -0.15) is 0 Å². The minimum absolute atomic E-state index is 0.0287. The van der Waals surface area contributed by atoms with Crippen LogP contribution in [-0.4, -0.2) is 16.7 Å². The normalized spacial score (nSPS) is 19.8. The number of carbonyl (C=O) groups is 2. The molecule has 2 aromatic carbocycles. The standard InChI is InChI=1S/C28H23F2N3O2/c1-16-25(28(35)33-22-10-9-20(29)14-21(22)30)26(18-8-5-11-31-15-18)27-23(32-16)12-19(13-24(27)34)17-6-3-2-4-7-17/h2-11,14-15,19,26,32H,12-13H2,1H3,(H,33,35)/t19-,26+/m0/s1. The lowest BCUT2D eigenvalue weighted by Crippen LogP contribution is -2.37. The Labute approximate surface area is 201 Å². The van der Waals surface area contributed by atoms with Crippen molar-refractivity contribution in [3.63, 3.8) is 0 Å². The molecule has 35 heavy (non-hydrogen) atoms. The second-order valence-electron chi connectivity index (χ2n) is 8.79. The summed E-state index contributed by atoms with van der Waals surface area (Å²) in [5.74, 6) is -2.86. The zero-order valence-corrected chi connectivity index (χ0v) is 19.0. The molecule has 5 rings (SSSR count). The minimum Gasteiger partial charge on any atom is -0.362 e. The van der Waals surface area contributed by atoms with Gasteiger partial charge in [0, 0.05) is 53.3 Å². The van der Waals surface area contributed by atoms with E-state index in [2.05, 4.69) is 15.6 Å². The molecule has 0 bridgehead atoms. The van der Waals surface area contributed by atoms with Gasteiger partial charge in [-0.1, -0.05) is 36.4 Å². The highest BCUT2D eigenvalue weighted by Crippen LogP contribution is 2.45. The number of allylic oxidation sites excluding steroid dienone is 3. The van der Waals surface area contributed by atoms with Gasteiger partial charge in [-0.05, 0) is 48.6 Å². The first-order valence-electron chi connectivity index (χ1n) is 11.4. The van der Waals surface area contributed by atoms with Crippen LogP contribution in [0.2, 0.25) is 0 Å². The quantitative estimate of drug-likeness (QED) is 0.538. The van der Waals surface area contributed by atoms with Crippen molar-refractivity contribution < 1.29 is 18.4 Å². The third kappa shape index (κ3) is 4.37. The zero-order valence-electron chi connectivity index (χ0n) is 19.0. The molecule has 0 radical (unpaired) electrons. The van der Waals surface area contributed by atoms with E-state index in [4.69, 9.17) is 0 Å². The highest BCUT2D eigenvalue weighted by Gasteiger charge is 2.41. The molecule has 0 saturated heterocycles. The van der Waals surface area contributed by atoms with Crippen LogP contribution < -0.4 is 10.6 Å². The topological polar surface area (TPSA) is 71.1 Å². The summed E-state index contributed by atoms with van der Waals surface area (Å²) in [5, 5.41) is 5.84. The average Bonchev–Trinajstić information content (AvgIpc) is 2.85. The van der Waals surface area contributed by atoms with Gasteiger partial charge in [0.25, 0.3) is 5.91 Å². The maximum atomic E-state index is 14.3. The van der Waals surface area contributed by atoms with Gasteiger partial charge < -0.3 is 10.6 Å². The molecule has 2 aliphatic rings. The lowest BCUT2D eigenvalue weighted by atomic mass is 9.72. The summed E-state index contributed by atoms with van der Waals surface area (Å²) < 4.78 is 27.6.